The van der Waals surface area contributed by atoms with Crippen molar-refractivity contribution < 1.29 is 9.47 Å². The first-order chi connectivity index (χ1) is 3.71. The molecule has 1 fully saturated rings. The molecule has 0 aromatic heterocycles. The first kappa shape index (κ1) is 6.11. The monoisotopic (exact) mass is 113 g/mol. The van der Waals surface area contributed by atoms with Gasteiger partial charge in [-0.25, -0.2) is 0 Å². The smallest absolute Gasteiger partial charge is 0.179 e. The fourth-order valence-electron chi connectivity index (χ4n) is 0.609. The number of hydrogen-bond acceptors (Lipinski definition) is 2. The van der Waals surface area contributed by atoms with E-state index in [2.05, 4.69) is 0 Å². The topological polar surface area (TPSA) is 18.5 Å². The molecule has 0 bridgehead atoms. The third-order valence-electron chi connectivity index (χ3n) is 1.10. The van der Waals surface area contributed by atoms with Crippen molar-refractivity contribution in [2.24, 2.45) is 0 Å². The van der Waals surface area contributed by atoms with Crippen molar-refractivity contribution in [1.29, 1.82) is 0 Å². The van der Waals surface area contributed by atoms with Gasteiger partial charge in [-0.15, -0.1) is 0 Å². The van der Waals surface area contributed by atoms with Crippen LogP contribution in [0.3, 0.4) is 0 Å². The molecule has 0 N–H and O–H groups in total. The molecule has 45 valence electrons. The fourth-order valence-corrected chi connectivity index (χ4v) is 0.609. The Bertz CT molecular complexity index is 74.5. The van der Waals surface area contributed by atoms with Crippen molar-refractivity contribution in [3.05, 3.63) is 0 Å². The van der Waals surface area contributed by atoms with Gasteiger partial charge in [0.1, 0.15) is 0 Å². The van der Waals surface area contributed by atoms with Crippen molar-refractivity contribution in [1.82, 2.24) is 0 Å². The molecule has 0 spiro atoms. The highest BCUT2D eigenvalue weighted by molar-refractivity contribution is 6.35. The van der Waals surface area contributed by atoms with E-state index in [1.54, 1.807) is 0 Å². The molecule has 0 atom stereocenters. The van der Waals surface area contributed by atoms with E-state index in [1.807, 2.05) is 21.1 Å². The minimum absolute atomic E-state index is 0.352. The summed E-state index contributed by atoms with van der Waals surface area (Å²) in [7, 11) is 1.96. The minimum atomic E-state index is -0.352. The van der Waals surface area contributed by atoms with Crippen molar-refractivity contribution in [2.75, 3.05) is 13.0 Å². The zero-order valence-electron chi connectivity index (χ0n) is 5.31. The molecule has 1 aliphatic rings. The second-order valence-corrected chi connectivity index (χ2v) is 2.31. The van der Waals surface area contributed by atoms with Crippen LogP contribution in [0.15, 0.2) is 0 Å². The summed E-state index contributed by atoms with van der Waals surface area (Å²) in [5.74, 6) is -0.352. The van der Waals surface area contributed by atoms with E-state index in [0.29, 0.717) is 13.0 Å². The van der Waals surface area contributed by atoms with Gasteiger partial charge < -0.3 is 9.47 Å². The van der Waals surface area contributed by atoms with Gasteiger partial charge in [-0.2, -0.15) is 0 Å². The second kappa shape index (κ2) is 2.07. The first-order valence-corrected chi connectivity index (χ1v) is 2.80. The Morgan fingerprint density at radius 3 is 2.00 bits per heavy atom. The number of rotatable bonds is 0. The molecule has 1 saturated heterocycles. The highest BCUT2D eigenvalue weighted by atomic mass is 16.7. The average molecular weight is 113 g/mol. The van der Waals surface area contributed by atoms with Crippen LogP contribution in [0.5, 0.6) is 0 Å². The van der Waals surface area contributed by atoms with Crippen molar-refractivity contribution in [3.63, 3.8) is 0 Å². The lowest BCUT2D eigenvalue weighted by Gasteiger charge is -2.29. The summed E-state index contributed by atoms with van der Waals surface area (Å²) < 4.78 is 10.4. The maximum Gasteiger partial charge on any atom is 0.179 e. The molecule has 0 aliphatic carbocycles. The van der Waals surface area contributed by atoms with E-state index in [4.69, 9.17) is 9.47 Å². The zero-order valence-corrected chi connectivity index (χ0v) is 5.31. The highest BCUT2D eigenvalue weighted by Crippen LogP contribution is 2.12. The normalized spacial score (nSPS) is 26.8. The van der Waals surface area contributed by atoms with E-state index in [-0.39, 0.29) is 5.79 Å². The standard InChI is InChI=1S/C5H10BO2/c1-5(2)7-3-6-4-8-5/h3-4H2,1-2H3. The average Bonchev–Trinajstić information content (AvgIpc) is 1.65. The predicted octanol–water partition coefficient (Wildman–Crippen LogP) is 0.388. The van der Waals surface area contributed by atoms with Crippen molar-refractivity contribution >= 4 is 7.28 Å². The van der Waals surface area contributed by atoms with Crippen LogP contribution in [0, 0.1) is 0 Å². The lowest BCUT2D eigenvalue weighted by molar-refractivity contribution is -0.205. The van der Waals surface area contributed by atoms with Gasteiger partial charge in [-0.3, -0.25) is 0 Å². The number of ether oxygens (including phenoxy) is 2. The van der Waals surface area contributed by atoms with E-state index < -0.39 is 0 Å². The Balaban J connectivity index is 2.33. The minimum Gasteiger partial charge on any atom is -0.359 e. The Morgan fingerprint density at radius 2 is 1.75 bits per heavy atom. The summed E-state index contributed by atoms with van der Waals surface area (Å²) >= 11 is 0. The van der Waals surface area contributed by atoms with E-state index in [1.165, 1.54) is 0 Å². The summed E-state index contributed by atoms with van der Waals surface area (Å²) in [4.78, 5) is 0. The molecule has 0 saturated carbocycles. The quantitative estimate of drug-likeness (QED) is 0.423. The Kier molecular flexibility index (Phi) is 1.58. The van der Waals surface area contributed by atoms with Crippen molar-refractivity contribution in [3.8, 4) is 0 Å². The van der Waals surface area contributed by atoms with Gasteiger partial charge in [0.25, 0.3) is 0 Å². The van der Waals surface area contributed by atoms with Crippen molar-refractivity contribution in [2.45, 2.75) is 19.6 Å². The molecule has 0 amide bonds. The van der Waals surface area contributed by atoms with Crippen LogP contribution in [0.2, 0.25) is 0 Å². The molecule has 1 heterocycles. The third-order valence-corrected chi connectivity index (χ3v) is 1.10. The summed E-state index contributed by atoms with van der Waals surface area (Å²) in [6, 6.07) is 0. The molecule has 3 heteroatoms. The van der Waals surface area contributed by atoms with Gasteiger partial charge >= 0.3 is 0 Å². The fraction of sp³-hybridized carbons (Fsp3) is 1.00. The summed E-state index contributed by atoms with van der Waals surface area (Å²) in [6.07, 6.45) is 0. The maximum absolute atomic E-state index is 5.19. The number of hydrogen-bond donors (Lipinski definition) is 0. The molecule has 0 aromatic rings. The molecule has 1 radical (unpaired) electrons. The molecular formula is C5H10BO2. The van der Waals surface area contributed by atoms with Crippen LogP contribution in [-0.4, -0.2) is 26.1 Å². The van der Waals surface area contributed by atoms with Crippen LogP contribution >= 0.6 is 0 Å². The molecule has 1 rings (SSSR count). The Hall–Kier alpha value is -0.0151. The molecule has 2 nitrogen and oxygen atoms in total. The highest BCUT2D eigenvalue weighted by Gasteiger charge is 2.21. The Labute approximate surface area is 50.4 Å². The lowest BCUT2D eigenvalue weighted by atomic mass is 9.81. The molecule has 0 aromatic carbocycles. The SMILES string of the molecule is CC1(C)OC[B]CO1. The van der Waals surface area contributed by atoms with Gasteiger partial charge in [0.15, 0.2) is 13.1 Å². The maximum atomic E-state index is 5.19. The van der Waals surface area contributed by atoms with E-state index in [9.17, 15) is 0 Å². The third kappa shape index (κ3) is 1.49. The summed E-state index contributed by atoms with van der Waals surface area (Å²) in [5, 5.41) is 0. The van der Waals surface area contributed by atoms with Gasteiger partial charge in [0, 0.05) is 13.0 Å². The van der Waals surface area contributed by atoms with Crippen LogP contribution in [0.25, 0.3) is 0 Å². The van der Waals surface area contributed by atoms with Crippen LogP contribution < -0.4 is 0 Å². The molecule has 1 aliphatic heterocycles. The van der Waals surface area contributed by atoms with Gasteiger partial charge in [0.2, 0.25) is 0 Å². The summed E-state index contributed by atoms with van der Waals surface area (Å²) in [6.45, 7) is 5.26. The molecule has 8 heavy (non-hydrogen) atoms. The van der Waals surface area contributed by atoms with Gasteiger partial charge in [-0.1, -0.05) is 0 Å². The summed E-state index contributed by atoms with van der Waals surface area (Å²) in [5.41, 5.74) is 0. The Morgan fingerprint density at radius 1 is 1.25 bits per heavy atom. The lowest BCUT2D eigenvalue weighted by Crippen LogP contribution is -2.37. The van der Waals surface area contributed by atoms with Crippen LogP contribution in [0.4, 0.5) is 0 Å². The second-order valence-electron chi connectivity index (χ2n) is 2.31. The van der Waals surface area contributed by atoms with Gasteiger partial charge in [0.05, 0.1) is 0 Å². The first-order valence-electron chi connectivity index (χ1n) is 2.80. The zero-order chi connectivity index (χ0) is 6.04. The molecule has 0 unspecified atom stereocenters. The van der Waals surface area contributed by atoms with Gasteiger partial charge in [-0.05, 0) is 13.8 Å². The van der Waals surface area contributed by atoms with Crippen LogP contribution in [0.1, 0.15) is 13.8 Å². The predicted molar refractivity (Wildman–Crippen MR) is 31.7 cm³/mol. The largest absolute Gasteiger partial charge is 0.359 e. The van der Waals surface area contributed by atoms with E-state index >= 15 is 0 Å². The molecular weight excluding hydrogens is 103 g/mol. The van der Waals surface area contributed by atoms with E-state index in [0.717, 1.165) is 0 Å². The van der Waals surface area contributed by atoms with Crippen LogP contribution in [-0.2, 0) is 9.47 Å².